The minimum Gasteiger partial charge on any atom is -0.472 e. The quantitative estimate of drug-likeness (QED) is 0.333. The van der Waals surface area contributed by atoms with E-state index in [2.05, 4.69) is 36.4 Å². The van der Waals surface area contributed by atoms with Crippen molar-refractivity contribution in [1.29, 1.82) is 0 Å². The van der Waals surface area contributed by atoms with Crippen LogP contribution in [0.3, 0.4) is 0 Å². The monoisotopic (exact) mass is 476 g/mol. The first-order valence-electron chi connectivity index (χ1n) is 11.7. The van der Waals surface area contributed by atoms with Crippen molar-refractivity contribution in [2.45, 2.75) is 12.8 Å². The first-order valence-corrected chi connectivity index (χ1v) is 13.7. The zero-order chi connectivity index (χ0) is 24.2. The largest absolute Gasteiger partial charge is 0.472 e. The van der Waals surface area contributed by atoms with Crippen molar-refractivity contribution in [3.63, 3.8) is 0 Å². The minimum absolute atomic E-state index is 0.502. The van der Waals surface area contributed by atoms with Gasteiger partial charge in [0.1, 0.15) is 0 Å². The van der Waals surface area contributed by atoms with Crippen molar-refractivity contribution in [3.8, 4) is 22.3 Å². The summed E-state index contributed by atoms with van der Waals surface area (Å²) in [5, 5.41) is 1.52. The molecule has 0 saturated heterocycles. The van der Waals surface area contributed by atoms with Gasteiger partial charge in [0.15, 0.2) is 0 Å². The first kappa shape index (κ1) is 21.6. The van der Waals surface area contributed by atoms with Crippen molar-refractivity contribution < 1.29 is 19.1 Å². The number of benzene rings is 4. The molecule has 0 unspecified atom stereocenters. The predicted molar refractivity (Wildman–Crippen MR) is 139 cm³/mol. The molecule has 35 heavy (non-hydrogen) atoms. The van der Waals surface area contributed by atoms with Gasteiger partial charge in [-0.25, -0.2) is 0 Å². The Kier molecular flexibility index (Phi) is 4.97. The van der Waals surface area contributed by atoms with Crippen LogP contribution in [0.15, 0.2) is 84.9 Å². The van der Waals surface area contributed by atoms with E-state index in [1.165, 1.54) is 25.3 Å². The maximum absolute atomic E-state index is 13.9. The second-order valence-electron chi connectivity index (χ2n) is 9.06. The summed E-state index contributed by atoms with van der Waals surface area (Å²) in [6.07, 6.45) is 1.33. The highest BCUT2D eigenvalue weighted by molar-refractivity contribution is 7.37. The van der Waals surface area contributed by atoms with E-state index >= 15 is 0 Å². The van der Waals surface area contributed by atoms with Crippen molar-refractivity contribution in [1.82, 2.24) is 0 Å². The third kappa shape index (κ3) is 2.91. The van der Waals surface area contributed by atoms with Gasteiger partial charge in [-0.15, -0.1) is 0 Å². The highest BCUT2D eigenvalue weighted by Crippen LogP contribution is 2.39. The van der Waals surface area contributed by atoms with E-state index in [-0.39, 0.29) is 0 Å². The topological polar surface area (TPSA) is 52.6 Å². The SMILES string of the molecule is COC(=O)[Si](C(=O)OC)(c1cccc2c1Cc1ccccc1-2)c1cccc2c1Cc1ccccc1-2. The normalized spacial score (nSPS) is 12.9. The lowest BCUT2D eigenvalue weighted by atomic mass is 10.1. The Hall–Kier alpha value is -3.96. The van der Waals surface area contributed by atoms with Crippen LogP contribution in [-0.4, -0.2) is 33.5 Å². The van der Waals surface area contributed by atoms with Crippen LogP contribution in [-0.2, 0) is 22.3 Å². The molecule has 4 aromatic carbocycles. The Morgan fingerprint density at radius 1 is 0.571 bits per heavy atom. The van der Waals surface area contributed by atoms with Crippen molar-refractivity contribution in [3.05, 3.63) is 107 Å². The second kappa shape index (κ2) is 8.07. The van der Waals surface area contributed by atoms with Gasteiger partial charge >= 0.3 is 8.07 Å². The molecule has 4 aromatic rings. The van der Waals surface area contributed by atoms with Gasteiger partial charge in [-0.3, -0.25) is 9.59 Å². The van der Waals surface area contributed by atoms with E-state index in [1.807, 2.05) is 48.5 Å². The molecular weight excluding hydrogens is 452 g/mol. The van der Waals surface area contributed by atoms with Gasteiger partial charge in [0.05, 0.1) is 14.2 Å². The van der Waals surface area contributed by atoms with Crippen LogP contribution < -0.4 is 10.4 Å². The summed E-state index contributed by atoms with van der Waals surface area (Å²) in [5.41, 5.74) is 7.85. The molecule has 0 aromatic heterocycles. The average Bonchev–Trinajstić information content (AvgIpc) is 3.48. The maximum atomic E-state index is 13.9. The number of hydrogen-bond acceptors (Lipinski definition) is 4. The van der Waals surface area contributed by atoms with E-state index in [9.17, 15) is 9.59 Å². The molecular formula is C30H24O4Si. The number of rotatable bonds is 4. The Labute approximate surface area is 205 Å². The summed E-state index contributed by atoms with van der Waals surface area (Å²) in [7, 11) is -1.14. The third-order valence-corrected chi connectivity index (χ3v) is 11.7. The standard InChI is InChI=1S/C30H24O4Si/c1-33-29(31)35(30(32)34-2,27-15-7-13-23-21-11-5-3-9-19(21)17-25(23)27)28-16-8-14-24-22-12-6-4-10-20(22)18-26(24)28/h3-16H,17-18H2,1-2H3. The van der Waals surface area contributed by atoms with Crippen LogP contribution in [0.1, 0.15) is 22.3 Å². The molecule has 5 heteroatoms. The minimum atomic E-state index is -3.87. The molecule has 0 fully saturated rings. The van der Waals surface area contributed by atoms with Crippen LogP contribution in [0.4, 0.5) is 9.59 Å². The lowest BCUT2D eigenvalue weighted by Gasteiger charge is -2.30. The lowest BCUT2D eigenvalue weighted by molar-refractivity contribution is 0.187. The smallest absolute Gasteiger partial charge is 0.371 e. The highest BCUT2D eigenvalue weighted by Gasteiger charge is 2.59. The molecule has 4 nitrogen and oxygen atoms in total. The Morgan fingerprint density at radius 3 is 1.40 bits per heavy atom. The molecule has 2 aliphatic carbocycles. The molecule has 0 N–H and O–H groups in total. The number of methoxy groups -OCH3 is 2. The van der Waals surface area contributed by atoms with Gasteiger partial charge < -0.3 is 9.47 Å². The van der Waals surface area contributed by atoms with Gasteiger partial charge in [0, 0.05) is 0 Å². The fourth-order valence-corrected chi connectivity index (χ4v) is 9.98. The van der Waals surface area contributed by atoms with Gasteiger partial charge in [0.25, 0.3) is 11.2 Å². The highest BCUT2D eigenvalue weighted by atomic mass is 28.3. The predicted octanol–water partition coefficient (Wildman–Crippen LogP) is 5.09. The molecule has 172 valence electrons. The van der Waals surface area contributed by atoms with E-state index in [4.69, 9.17) is 9.47 Å². The van der Waals surface area contributed by atoms with E-state index in [0.717, 1.165) is 43.8 Å². The number of carbonyl (C=O) groups is 2. The van der Waals surface area contributed by atoms with Gasteiger partial charge in [-0.2, -0.15) is 0 Å². The summed E-state index contributed by atoms with van der Waals surface area (Å²) < 4.78 is 10.9. The fraction of sp³-hybridized carbons (Fsp3) is 0.133. The Balaban J connectivity index is 1.68. The van der Waals surface area contributed by atoms with Crippen LogP contribution in [0.25, 0.3) is 22.3 Å². The molecule has 0 atom stereocenters. The number of ether oxygens (including phenoxy) is 2. The van der Waals surface area contributed by atoms with Gasteiger partial charge in [-0.05, 0) is 67.7 Å². The second-order valence-corrected chi connectivity index (χ2v) is 12.5. The zero-order valence-electron chi connectivity index (χ0n) is 19.6. The molecule has 0 spiro atoms. The maximum Gasteiger partial charge on any atom is 0.371 e. The Bertz CT molecular complexity index is 1410. The van der Waals surface area contributed by atoms with Gasteiger partial charge in [0.2, 0.25) is 0 Å². The lowest BCUT2D eigenvalue weighted by Crippen LogP contribution is -2.72. The number of fused-ring (bicyclic) bond motifs is 6. The van der Waals surface area contributed by atoms with E-state index in [1.54, 1.807) is 0 Å². The van der Waals surface area contributed by atoms with Gasteiger partial charge in [-0.1, -0.05) is 84.9 Å². The third-order valence-electron chi connectivity index (χ3n) is 7.49. The summed E-state index contributed by atoms with van der Waals surface area (Å²) in [4.78, 5) is 27.8. The van der Waals surface area contributed by atoms with Crippen molar-refractivity contribution in [2.75, 3.05) is 14.2 Å². The van der Waals surface area contributed by atoms with Crippen LogP contribution in [0, 0.1) is 0 Å². The molecule has 6 rings (SSSR count). The number of hydrogen-bond donors (Lipinski definition) is 0. The first-order chi connectivity index (χ1) is 17.1. The summed E-state index contributed by atoms with van der Waals surface area (Å²) in [6.45, 7) is 0. The van der Waals surface area contributed by atoms with Crippen LogP contribution in [0.2, 0.25) is 0 Å². The molecule has 0 saturated carbocycles. The van der Waals surface area contributed by atoms with E-state index in [0.29, 0.717) is 12.8 Å². The van der Waals surface area contributed by atoms with E-state index < -0.39 is 19.3 Å². The van der Waals surface area contributed by atoms with Crippen LogP contribution in [0.5, 0.6) is 0 Å². The molecule has 0 bridgehead atoms. The summed E-state index contributed by atoms with van der Waals surface area (Å²) in [5.74, 6) is 0. The zero-order valence-corrected chi connectivity index (χ0v) is 20.6. The number of carbonyl (C=O) groups excluding carboxylic acids is 2. The van der Waals surface area contributed by atoms with Crippen molar-refractivity contribution in [2.24, 2.45) is 0 Å². The molecule has 0 amide bonds. The summed E-state index contributed by atoms with van der Waals surface area (Å²) in [6, 6.07) is 28.4. The van der Waals surface area contributed by atoms with Crippen LogP contribution >= 0.6 is 0 Å². The molecule has 0 heterocycles. The molecule has 0 radical (unpaired) electrons. The fourth-order valence-electron chi connectivity index (χ4n) is 5.99. The van der Waals surface area contributed by atoms with Crippen molar-refractivity contribution >= 4 is 29.6 Å². The average molecular weight is 477 g/mol. The molecule has 0 aliphatic heterocycles. The Morgan fingerprint density at radius 2 is 0.971 bits per heavy atom. The molecule has 2 aliphatic rings. The summed E-state index contributed by atoms with van der Waals surface area (Å²) >= 11 is 0.